The zero-order chi connectivity index (χ0) is 19.8. The normalized spacial score (nSPS) is 20.3. The monoisotopic (exact) mass is 411 g/mol. The number of fused-ring (bicyclic) bond motifs is 1. The number of carbonyl (C=O) groups is 1. The van der Waals surface area contributed by atoms with E-state index < -0.39 is 0 Å². The molecule has 0 bridgehead atoms. The molecule has 2 heterocycles. The SMILES string of the molecule is CCN1C(=O)/C(=C2/Sc3ccc(OC)cc3N2C)SC1=Nc1ccc(C)cc1. The quantitative estimate of drug-likeness (QED) is 0.665. The fourth-order valence-corrected chi connectivity index (χ4v) is 5.47. The van der Waals surface area contributed by atoms with Crippen LogP contribution in [0.4, 0.5) is 11.4 Å². The number of carbonyl (C=O) groups excluding carboxylic acids is 1. The van der Waals surface area contributed by atoms with Gasteiger partial charge in [0.05, 0.1) is 23.5 Å². The second-order valence-corrected chi connectivity index (χ2v) is 8.52. The molecule has 0 unspecified atom stereocenters. The lowest BCUT2D eigenvalue weighted by Gasteiger charge is -2.15. The zero-order valence-corrected chi connectivity index (χ0v) is 17.9. The molecule has 0 radical (unpaired) electrons. The van der Waals surface area contributed by atoms with E-state index in [4.69, 9.17) is 9.73 Å². The van der Waals surface area contributed by atoms with Crippen LogP contribution in [0.25, 0.3) is 0 Å². The van der Waals surface area contributed by atoms with Gasteiger partial charge < -0.3 is 9.64 Å². The van der Waals surface area contributed by atoms with Gasteiger partial charge in [0.1, 0.15) is 10.7 Å². The Morgan fingerprint density at radius 1 is 1.11 bits per heavy atom. The Labute approximate surface area is 173 Å². The lowest BCUT2D eigenvalue weighted by atomic mass is 10.2. The molecule has 0 aliphatic carbocycles. The van der Waals surface area contributed by atoms with Crippen LogP contribution in [0.1, 0.15) is 12.5 Å². The Kier molecular flexibility index (Phi) is 5.12. The molecule has 1 amide bonds. The minimum Gasteiger partial charge on any atom is -0.497 e. The molecule has 0 saturated carbocycles. The summed E-state index contributed by atoms with van der Waals surface area (Å²) in [7, 11) is 3.65. The largest absolute Gasteiger partial charge is 0.497 e. The van der Waals surface area contributed by atoms with Gasteiger partial charge in [-0.1, -0.05) is 29.5 Å². The van der Waals surface area contributed by atoms with Gasteiger partial charge in [0.15, 0.2) is 5.17 Å². The van der Waals surface area contributed by atoms with Crippen molar-refractivity contribution in [3.63, 3.8) is 0 Å². The van der Waals surface area contributed by atoms with Gasteiger partial charge in [0.2, 0.25) is 0 Å². The van der Waals surface area contributed by atoms with E-state index in [0.29, 0.717) is 6.54 Å². The maximum atomic E-state index is 13.1. The van der Waals surface area contributed by atoms with Crippen LogP contribution in [-0.4, -0.2) is 36.7 Å². The molecule has 0 N–H and O–H groups in total. The molecule has 144 valence electrons. The molecule has 1 saturated heterocycles. The number of anilines is 1. The second-order valence-electron chi connectivity index (χ2n) is 6.51. The molecule has 2 aromatic rings. The van der Waals surface area contributed by atoms with Crippen molar-refractivity contribution in [2.45, 2.75) is 18.7 Å². The van der Waals surface area contributed by atoms with Gasteiger partial charge in [-0.2, -0.15) is 0 Å². The summed E-state index contributed by atoms with van der Waals surface area (Å²) >= 11 is 3.06. The third-order valence-electron chi connectivity index (χ3n) is 4.67. The average Bonchev–Trinajstić information content (AvgIpc) is 3.19. The summed E-state index contributed by atoms with van der Waals surface area (Å²) in [5, 5.41) is 1.66. The van der Waals surface area contributed by atoms with Crippen molar-refractivity contribution in [1.29, 1.82) is 0 Å². The molecule has 4 rings (SSSR count). The van der Waals surface area contributed by atoms with E-state index in [0.717, 1.165) is 37.1 Å². The summed E-state index contributed by atoms with van der Waals surface area (Å²) in [6, 6.07) is 14.0. The number of amides is 1. The summed E-state index contributed by atoms with van der Waals surface area (Å²) in [5.74, 6) is 0.812. The van der Waals surface area contributed by atoms with E-state index in [9.17, 15) is 4.79 Å². The highest BCUT2D eigenvalue weighted by Gasteiger charge is 2.38. The van der Waals surface area contributed by atoms with Crippen molar-refractivity contribution >= 4 is 46.0 Å². The molecule has 0 atom stereocenters. The fraction of sp³-hybridized carbons (Fsp3) is 0.238. The van der Waals surface area contributed by atoms with E-state index in [2.05, 4.69) is 4.90 Å². The van der Waals surface area contributed by atoms with Crippen LogP contribution in [0.15, 0.2) is 62.3 Å². The standard InChI is InChI=1S/C21H21N3O2S2/c1-5-24-19(25)18(28-21(24)22-14-8-6-13(2)7-9-14)20-23(3)16-12-15(26-4)10-11-17(16)27-20/h6-12H,5H2,1-4H3/b20-18-,22-21?. The zero-order valence-electron chi connectivity index (χ0n) is 16.2. The van der Waals surface area contributed by atoms with Crippen molar-refractivity contribution in [2.24, 2.45) is 4.99 Å². The van der Waals surface area contributed by atoms with Gasteiger partial charge in [0.25, 0.3) is 5.91 Å². The number of likely N-dealkylation sites (N-methyl/N-ethyl adjacent to an activating group) is 1. The number of ether oxygens (including phenoxy) is 1. The van der Waals surface area contributed by atoms with Crippen molar-refractivity contribution in [1.82, 2.24) is 4.90 Å². The highest BCUT2D eigenvalue weighted by molar-refractivity contribution is 8.19. The summed E-state index contributed by atoms with van der Waals surface area (Å²) in [6.07, 6.45) is 0. The number of benzene rings is 2. The number of nitrogens with zero attached hydrogens (tertiary/aromatic N) is 3. The number of methoxy groups -OCH3 is 1. The van der Waals surface area contributed by atoms with E-state index in [1.807, 2.05) is 63.4 Å². The number of amidine groups is 1. The molecule has 0 spiro atoms. The van der Waals surface area contributed by atoms with Crippen LogP contribution in [-0.2, 0) is 4.79 Å². The Bertz CT molecular complexity index is 999. The van der Waals surface area contributed by atoms with Crippen LogP contribution < -0.4 is 9.64 Å². The average molecular weight is 412 g/mol. The van der Waals surface area contributed by atoms with Gasteiger partial charge >= 0.3 is 0 Å². The first-order chi connectivity index (χ1) is 13.5. The Morgan fingerprint density at radius 3 is 2.54 bits per heavy atom. The topological polar surface area (TPSA) is 45.1 Å². The molecule has 2 aliphatic heterocycles. The third-order valence-corrected chi connectivity index (χ3v) is 7.10. The highest BCUT2D eigenvalue weighted by Crippen LogP contribution is 2.50. The van der Waals surface area contributed by atoms with Gasteiger partial charge in [0, 0.05) is 24.6 Å². The fourth-order valence-electron chi connectivity index (χ4n) is 3.08. The highest BCUT2D eigenvalue weighted by atomic mass is 32.2. The molecule has 5 nitrogen and oxygen atoms in total. The maximum Gasteiger partial charge on any atom is 0.269 e. The maximum absolute atomic E-state index is 13.1. The number of hydrogen-bond donors (Lipinski definition) is 0. The number of hydrogen-bond acceptors (Lipinski definition) is 6. The number of rotatable bonds is 3. The van der Waals surface area contributed by atoms with Crippen molar-refractivity contribution in [3.8, 4) is 5.75 Å². The molecular weight excluding hydrogens is 390 g/mol. The van der Waals surface area contributed by atoms with Crippen LogP contribution in [0.2, 0.25) is 0 Å². The number of aliphatic imine (C=N–C) groups is 1. The van der Waals surface area contributed by atoms with Gasteiger partial charge in [-0.25, -0.2) is 4.99 Å². The summed E-state index contributed by atoms with van der Waals surface area (Å²) in [5.41, 5.74) is 3.09. The predicted octanol–water partition coefficient (Wildman–Crippen LogP) is 5.00. The smallest absolute Gasteiger partial charge is 0.269 e. The predicted molar refractivity (Wildman–Crippen MR) is 118 cm³/mol. The molecule has 2 aliphatic rings. The van der Waals surface area contributed by atoms with Gasteiger partial charge in [-0.05, 0) is 49.9 Å². The number of aryl methyl sites for hydroxylation is 1. The Hall–Kier alpha value is -2.38. The third kappa shape index (κ3) is 3.29. The molecule has 1 fully saturated rings. The number of thioether (sulfide) groups is 2. The molecule has 7 heteroatoms. The summed E-state index contributed by atoms with van der Waals surface area (Å²) in [6.45, 7) is 4.61. The lowest BCUT2D eigenvalue weighted by molar-refractivity contribution is -0.122. The van der Waals surface area contributed by atoms with Crippen LogP contribution in [0, 0.1) is 6.92 Å². The minimum absolute atomic E-state index is 0.00693. The minimum atomic E-state index is 0.00693. The van der Waals surface area contributed by atoms with Crippen LogP contribution in [0.5, 0.6) is 5.75 Å². The van der Waals surface area contributed by atoms with Crippen molar-refractivity contribution in [2.75, 3.05) is 25.6 Å². The van der Waals surface area contributed by atoms with Crippen molar-refractivity contribution in [3.05, 3.63) is 58.0 Å². The van der Waals surface area contributed by atoms with Crippen molar-refractivity contribution < 1.29 is 9.53 Å². The lowest BCUT2D eigenvalue weighted by Crippen LogP contribution is -2.29. The summed E-state index contributed by atoms with van der Waals surface area (Å²) in [4.78, 5) is 23.5. The second kappa shape index (κ2) is 7.56. The molecule has 28 heavy (non-hydrogen) atoms. The van der Waals surface area contributed by atoms with Crippen LogP contribution in [0.3, 0.4) is 0 Å². The first kappa shape index (κ1) is 19.0. The first-order valence-corrected chi connectivity index (χ1v) is 10.6. The first-order valence-electron chi connectivity index (χ1n) is 9.00. The molecule has 2 aromatic carbocycles. The summed E-state index contributed by atoms with van der Waals surface area (Å²) < 4.78 is 5.34. The van der Waals surface area contributed by atoms with E-state index in [1.54, 1.807) is 23.8 Å². The van der Waals surface area contributed by atoms with Crippen LogP contribution >= 0.6 is 23.5 Å². The van der Waals surface area contributed by atoms with E-state index >= 15 is 0 Å². The van der Waals surface area contributed by atoms with E-state index in [1.165, 1.54) is 17.3 Å². The van der Waals surface area contributed by atoms with E-state index in [-0.39, 0.29) is 5.91 Å². The van der Waals surface area contributed by atoms with Gasteiger partial charge in [-0.3, -0.25) is 9.69 Å². The Morgan fingerprint density at radius 2 is 1.86 bits per heavy atom. The molecule has 0 aromatic heterocycles. The molecular formula is C21H21N3O2S2. The van der Waals surface area contributed by atoms with Gasteiger partial charge in [-0.15, -0.1) is 0 Å². The Balaban J connectivity index is 1.71.